The molecule has 3 saturated carbocycles. The average molecular weight is 430 g/mol. The minimum Gasteiger partial charge on any atom is -0.446 e. The van der Waals surface area contributed by atoms with E-state index in [1.165, 1.54) is 64.2 Å². The molecule has 4 aliphatic rings. The summed E-state index contributed by atoms with van der Waals surface area (Å²) in [4.78, 5) is 11.7. The Hall–Kier alpha value is -0.990. The van der Waals surface area contributed by atoms with Crippen LogP contribution >= 0.6 is 0 Å². The normalized spacial score (nSPS) is 41.7. The lowest BCUT2D eigenvalue weighted by molar-refractivity contribution is -0.0518. The Kier molecular flexibility index (Phi) is 6.80. The number of allylic oxidation sites excluding steroid dienone is 1. The molecule has 7 unspecified atom stereocenters. The van der Waals surface area contributed by atoms with Crippen LogP contribution in [0.5, 0.6) is 0 Å². The first-order valence-corrected chi connectivity index (χ1v) is 13.4. The Bertz CT molecular complexity index is 684. The highest BCUT2D eigenvalue weighted by Gasteiger charge is 2.58. The van der Waals surface area contributed by atoms with Crippen molar-refractivity contribution in [1.29, 1.82) is 0 Å². The molecule has 0 radical (unpaired) electrons. The van der Waals surface area contributed by atoms with Crippen LogP contribution in [-0.2, 0) is 4.74 Å². The number of carbonyl (C=O) groups is 1. The highest BCUT2D eigenvalue weighted by molar-refractivity contribution is 5.66. The Balaban J connectivity index is 1.42. The molecule has 0 spiro atoms. The van der Waals surface area contributed by atoms with Gasteiger partial charge < -0.3 is 10.1 Å². The summed E-state index contributed by atoms with van der Waals surface area (Å²) in [5, 5.41) is 2.62. The molecule has 31 heavy (non-hydrogen) atoms. The third-order valence-corrected chi connectivity index (χ3v) is 10.3. The second kappa shape index (κ2) is 9.10. The maximum Gasteiger partial charge on any atom is 0.407 e. The summed E-state index contributed by atoms with van der Waals surface area (Å²) in [5.74, 6) is 4.45. The van der Waals surface area contributed by atoms with Crippen molar-refractivity contribution in [3.05, 3.63) is 11.6 Å². The second-order valence-electron chi connectivity index (χ2n) is 12.3. The highest BCUT2D eigenvalue weighted by atomic mass is 16.6. The van der Waals surface area contributed by atoms with Crippen LogP contribution in [0.3, 0.4) is 0 Å². The summed E-state index contributed by atoms with van der Waals surface area (Å²) in [5.41, 5.74) is 2.52. The molecule has 7 atom stereocenters. The fourth-order valence-corrected chi connectivity index (χ4v) is 8.46. The van der Waals surface area contributed by atoms with Gasteiger partial charge in [-0.15, -0.1) is 0 Å². The highest BCUT2D eigenvalue weighted by Crippen LogP contribution is 2.66. The third-order valence-electron chi connectivity index (χ3n) is 10.3. The molecule has 0 saturated heterocycles. The first-order chi connectivity index (χ1) is 14.8. The van der Waals surface area contributed by atoms with Gasteiger partial charge in [-0.2, -0.15) is 0 Å². The number of rotatable bonds is 6. The molecule has 4 aliphatic carbocycles. The molecule has 3 heteroatoms. The number of amides is 1. The van der Waals surface area contributed by atoms with Gasteiger partial charge in [0.25, 0.3) is 0 Å². The van der Waals surface area contributed by atoms with Crippen molar-refractivity contribution in [3.63, 3.8) is 0 Å². The number of fused-ring (bicyclic) bond motifs is 5. The molecule has 0 aromatic heterocycles. The summed E-state index contributed by atoms with van der Waals surface area (Å²) in [6, 6.07) is 0. The SMILES string of the molecule is CNC(=O)OC1CCC2(C)C(=CCC3C2CCC2(C)C(CCCCC(C)C)CCC32)C1. The van der Waals surface area contributed by atoms with Gasteiger partial charge in [0.15, 0.2) is 0 Å². The molecule has 176 valence electrons. The second-order valence-corrected chi connectivity index (χ2v) is 12.3. The van der Waals surface area contributed by atoms with Crippen LogP contribution in [-0.4, -0.2) is 19.2 Å². The molecular weight excluding hydrogens is 382 g/mol. The van der Waals surface area contributed by atoms with E-state index in [2.05, 4.69) is 39.1 Å². The lowest BCUT2D eigenvalue weighted by Crippen LogP contribution is -2.50. The zero-order valence-corrected chi connectivity index (χ0v) is 20.8. The van der Waals surface area contributed by atoms with Crippen LogP contribution < -0.4 is 5.32 Å². The summed E-state index contributed by atoms with van der Waals surface area (Å²) in [6.45, 7) is 9.94. The lowest BCUT2D eigenvalue weighted by Gasteiger charge is -2.58. The molecule has 0 aromatic carbocycles. The number of nitrogens with one attached hydrogen (secondary N) is 1. The van der Waals surface area contributed by atoms with Gasteiger partial charge >= 0.3 is 6.09 Å². The quantitative estimate of drug-likeness (QED) is 0.350. The van der Waals surface area contributed by atoms with Crippen LogP contribution in [0.25, 0.3) is 0 Å². The molecule has 3 fully saturated rings. The van der Waals surface area contributed by atoms with Crippen LogP contribution in [0.15, 0.2) is 11.6 Å². The van der Waals surface area contributed by atoms with Crippen molar-refractivity contribution in [2.75, 3.05) is 7.05 Å². The van der Waals surface area contributed by atoms with Crippen LogP contribution in [0.1, 0.15) is 105 Å². The number of ether oxygens (including phenoxy) is 1. The fourth-order valence-electron chi connectivity index (χ4n) is 8.46. The van der Waals surface area contributed by atoms with Gasteiger partial charge in [0.1, 0.15) is 6.10 Å². The lowest BCUT2D eigenvalue weighted by atomic mass is 9.47. The van der Waals surface area contributed by atoms with Gasteiger partial charge in [-0.05, 0) is 91.8 Å². The van der Waals surface area contributed by atoms with E-state index in [1.54, 1.807) is 12.6 Å². The molecule has 3 nitrogen and oxygen atoms in total. The number of carbonyl (C=O) groups excluding carboxylic acids is 1. The van der Waals surface area contributed by atoms with Crippen molar-refractivity contribution in [2.24, 2.45) is 40.4 Å². The summed E-state index contributed by atoms with van der Waals surface area (Å²) in [6.07, 6.45) is 18.3. The number of alkyl carbamates (subject to hydrolysis) is 1. The number of hydrogen-bond donors (Lipinski definition) is 1. The van der Waals surface area contributed by atoms with Gasteiger partial charge in [-0.3, -0.25) is 0 Å². The van der Waals surface area contributed by atoms with E-state index in [0.29, 0.717) is 10.8 Å². The molecule has 4 rings (SSSR count). The van der Waals surface area contributed by atoms with Gasteiger partial charge in [-0.25, -0.2) is 4.79 Å². The van der Waals surface area contributed by atoms with Gasteiger partial charge in [0, 0.05) is 13.5 Å². The van der Waals surface area contributed by atoms with Crippen molar-refractivity contribution in [2.45, 2.75) is 111 Å². The van der Waals surface area contributed by atoms with E-state index in [9.17, 15) is 4.79 Å². The predicted molar refractivity (Wildman–Crippen MR) is 128 cm³/mol. The average Bonchev–Trinajstić information content (AvgIpc) is 3.07. The summed E-state index contributed by atoms with van der Waals surface area (Å²) < 4.78 is 5.64. The van der Waals surface area contributed by atoms with E-state index < -0.39 is 0 Å². The van der Waals surface area contributed by atoms with Crippen molar-refractivity contribution in [3.8, 4) is 0 Å². The topological polar surface area (TPSA) is 38.3 Å². The van der Waals surface area contributed by atoms with Crippen LogP contribution in [0.4, 0.5) is 4.79 Å². The number of unbranched alkanes of at least 4 members (excludes halogenated alkanes) is 1. The van der Waals surface area contributed by atoms with E-state index in [1.807, 2.05) is 0 Å². The molecule has 0 aliphatic heterocycles. The van der Waals surface area contributed by atoms with Gasteiger partial charge in [0.05, 0.1) is 0 Å². The van der Waals surface area contributed by atoms with E-state index in [4.69, 9.17) is 4.74 Å². The Morgan fingerprint density at radius 2 is 1.94 bits per heavy atom. The minimum atomic E-state index is -0.276. The molecule has 1 amide bonds. The Labute approximate surface area is 191 Å². The third kappa shape index (κ3) is 4.32. The van der Waals surface area contributed by atoms with Crippen molar-refractivity contribution in [1.82, 2.24) is 5.32 Å². The zero-order valence-electron chi connectivity index (χ0n) is 20.8. The molecular formula is C28H47NO2. The fraction of sp³-hybridized carbons (Fsp3) is 0.893. The van der Waals surface area contributed by atoms with Crippen molar-refractivity contribution >= 4 is 6.09 Å². The maximum absolute atomic E-state index is 11.7. The number of hydrogen-bond acceptors (Lipinski definition) is 2. The van der Waals surface area contributed by atoms with Gasteiger partial charge in [-0.1, -0.05) is 58.6 Å². The van der Waals surface area contributed by atoms with Crippen LogP contribution in [0, 0.1) is 40.4 Å². The standard InChI is InChI=1S/C28H47NO2/c1-19(2)8-6-7-9-20-11-13-24-23-12-10-21-18-22(31-26(30)29-5)14-16-28(21,4)25(23)15-17-27(20,24)3/h10,19-20,22-25H,6-9,11-18H2,1-5H3,(H,29,30). The smallest absolute Gasteiger partial charge is 0.407 e. The van der Waals surface area contributed by atoms with E-state index >= 15 is 0 Å². The summed E-state index contributed by atoms with van der Waals surface area (Å²) >= 11 is 0. The zero-order chi connectivity index (χ0) is 22.2. The molecule has 0 bridgehead atoms. The predicted octanol–water partition coefficient (Wildman–Crippen LogP) is 7.51. The maximum atomic E-state index is 11.7. The monoisotopic (exact) mass is 429 g/mol. The Morgan fingerprint density at radius 1 is 1.13 bits per heavy atom. The van der Waals surface area contributed by atoms with Crippen LogP contribution in [0.2, 0.25) is 0 Å². The largest absolute Gasteiger partial charge is 0.446 e. The molecule has 0 aromatic rings. The van der Waals surface area contributed by atoms with E-state index in [-0.39, 0.29) is 12.2 Å². The molecule has 0 heterocycles. The van der Waals surface area contributed by atoms with E-state index in [0.717, 1.165) is 42.4 Å². The minimum absolute atomic E-state index is 0.0615. The summed E-state index contributed by atoms with van der Waals surface area (Å²) in [7, 11) is 1.65. The van der Waals surface area contributed by atoms with Gasteiger partial charge in [0.2, 0.25) is 0 Å². The van der Waals surface area contributed by atoms with Crippen molar-refractivity contribution < 1.29 is 9.53 Å². The first-order valence-electron chi connectivity index (χ1n) is 13.4. The first kappa shape index (κ1) is 23.2. The Morgan fingerprint density at radius 3 is 2.68 bits per heavy atom. The molecule has 1 N–H and O–H groups in total.